The number of furan rings is 2. The first-order valence-corrected chi connectivity index (χ1v) is 44.6. The summed E-state index contributed by atoms with van der Waals surface area (Å²) in [6, 6.07) is 166. The van der Waals surface area contributed by atoms with Gasteiger partial charge in [-0.3, -0.25) is 0 Å². The van der Waals surface area contributed by atoms with E-state index >= 15 is 0 Å². The van der Waals surface area contributed by atoms with Crippen LogP contribution in [0.2, 0.25) is 0 Å². The number of benzene rings is 19. The highest BCUT2D eigenvalue weighted by Crippen LogP contribution is 2.50. The Kier molecular flexibility index (Phi) is 19.8. The molecule has 0 bridgehead atoms. The van der Waals surface area contributed by atoms with Crippen LogP contribution in [0.5, 0.6) is 0 Å². The Bertz CT molecular complexity index is 8590. The third-order valence-corrected chi connectivity index (χ3v) is 25.4. The van der Waals surface area contributed by atoms with Gasteiger partial charge in [0.2, 0.25) is 0 Å². The van der Waals surface area contributed by atoms with Gasteiger partial charge in [0.05, 0.1) is 45.2 Å². The predicted molar refractivity (Wildman–Crippen MR) is 546 cm³/mol. The van der Waals surface area contributed by atoms with Crippen molar-refractivity contribution >= 4 is 87.2 Å². The molecule has 0 N–H and O–H groups in total. The lowest BCUT2D eigenvalue weighted by molar-refractivity contribution is 0.669. The maximum Gasteiger partial charge on any atom is 0.160 e. The number of fused-ring (bicyclic) bond motifs is 12. The molecular weight excluding hydrogens is 1610 g/mol. The molecule has 8 heteroatoms. The van der Waals surface area contributed by atoms with Gasteiger partial charge in [-0.2, -0.15) is 0 Å². The van der Waals surface area contributed by atoms with Gasteiger partial charge >= 0.3 is 0 Å². The van der Waals surface area contributed by atoms with E-state index in [1.807, 2.05) is 48.5 Å². The molecule has 0 aliphatic heterocycles. The average molecular weight is 1680 g/mol. The molecule has 6 heterocycles. The maximum atomic E-state index is 6.61. The van der Waals surface area contributed by atoms with Crippen molar-refractivity contribution in [2.24, 2.45) is 0 Å². The van der Waals surface area contributed by atoms with E-state index in [-0.39, 0.29) is 0 Å². The van der Waals surface area contributed by atoms with Gasteiger partial charge in [-0.25, -0.2) is 29.9 Å². The molecule has 0 fully saturated rings. The van der Waals surface area contributed by atoms with E-state index in [9.17, 15) is 0 Å². The molecular formula is C124H78N6O2. The van der Waals surface area contributed by atoms with Crippen molar-refractivity contribution in [3.05, 3.63) is 473 Å². The predicted octanol–water partition coefficient (Wildman–Crippen LogP) is 33.2. The standard InChI is InChI=1S/C65H41N3O.C59H37N3O/c1-4-16-42(17-5-1)49-22-14-24-51(38-49)57-41-58(52-25-15-23-50(39-52)43-18-6-2-7-19-43)68-65(67-57)48-36-32-45(33-37-48)44-30-34-47(35-31-44)64-55-40-60-63(54-27-11-13-29-59(54)69-60)61(46-20-8-3-9-21-46)62(55)53-26-10-12-28-56(53)66-64;1-4-15-38(16-5-1)45-21-14-22-46(35-45)52-37-51(41-17-6-2-7-18-41)61-59(62-52)44-33-29-40(30-34-44)39-27-31-43(32-28-39)58-49-36-54-57(48-24-11-13-26-53(48)63-54)55(42-19-8-3-9-20-42)56(49)47-23-10-12-25-50(47)60-58/h1-41H;1-37H. The molecule has 19 aromatic carbocycles. The second kappa shape index (κ2) is 33.6. The molecule has 0 aliphatic rings. The molecule has 0 amide bonds. The van der Waals surface area contributed by atoms with Gasteiger partial charge in [0.1, 0.15) is 22.3 Å². The molecule has 8 nitrogen and oxygen atoms in total. The summed E-state index contributed by atoms with van der Waals surface area (Å²) >= 11 is 0. The van der Waals surface area contributed by atoms with Crippen molar-refractivity contribution in [1.82, 2.24) is 29.9 Å². The van der Waals surface area contributed by atoms with E-state index in [1.54, 1.807) is 0 Å². The number of aromatic nitrogens is 6. The highest BCUT2D eigenvalue weighted by atomic mass is 16.3. The molecule has 0 saturated carbocycles. The third-order valence-electron chi connectivity index (χ3n) is 25.4. The molecule has 0 unspecified atom stereocenters. The quantitative estimate of drug-likeness (QED) is 0.0935. The smallest absolute Gasteiger partial charge is 0.160 e. The van der Waals surface area contributed by atoms with Crippen LogP contribution < -0.4 is 0 Å². The fraction of sp³-hybridized carbons (Fsp3) is 0. The van der Waals surface area contributed by atoms with Crippen LogP contribution in [0.1, 0.15) is 0 Å². The average Bonchev–Trinajstić information content (AvgIpc) is 1.54. The third kappa shape index (κ3) is 14.6. The van der Waals surface area contributed by atoms with Crippen molar-refractivity contribution in [2.45, 2.75) is 0 Å². The van der Waals surface area contributed by atoms with Gasteiger partial charge < -0.3 is 8.83 Å². The Hall–Kier alpha value is -17.7. The monoisotopic (exact) mass is 1680 g/mol. The first kappa shape index (κ1) is 77.8. The van der Waals surface area contributed by atoms with Crippen LogP contribution in [0.4, 0.5) is 0 Å². The van der Waals surface area contributed by atoms with E-state index in [0.29, 0.717) is 11.6 Å². The van der Waals surface area contributed by atoms with Crippen molar-refractivity contribution in [3.8, 4) is 168 Å². The Morgan fingerprint density at radius 3 is 0.727 bits per heavy atom. The number of hydrogen-bond acceptors (Lipinski definition) is 8. The van der Waals surface area contributed by atoms with Crippen LogP contribution in [0.3, 0.4) is 0 Å². The fourth-order valence-electron chi connectivity index (χ4n) is 18.9. The van der Waals surface area contributed by atoms with E-state index in [4.69, 9.17) is 38.7 Å². The number of nitrogens with zero attached hydrogens (tertiary/aromatic N) is 6. The molecule has 0 atom stereocenters. The lowest BCUT2D eigenvalue weighted by atomic mass is 9.89. The second-order valence-corrected chi connectivity index (χ2v) is 33.4. The van der Waals surface area contributed by atoms with Gasteiger partial charge in [0, 0.05) is 109 Å². The summed E-state index contributed by atoms with van der Waals surface area (Å²) in [5.74, 6) is 1.35. The van der Waals surface area contributed by atoms with Crippen LogP contribution in [0, 0.1) is 0 Å². The lowest BCUT2D eigenvalue weighted by Crippen LogP contribution is -1.96. The largest absolute Gasteiger partial charge is 0.456 e. The molecule has 0 spiro atoms. The van der Waals surface area contributed by atoms with Gasteiger partial charge in [-0.05, 0) is 133 Å². The van der Waals surface area contributed by atoms with Crippen LogP contribution >= 0.6 is 0 Å². The minimum atomic E-state index is 0.669. The highest BCUT2D eigenvalue weighted by molar-refractivity contribution is 6.29. The molecule has 616 valence electrons. The van der Waals surface area contributed by atoms with Gasteiger partial charge in [-0.15, -0.1) is 0 Å². The Morgan fingerprint density at radius 2 is 0.386 bits per heavy atom. The van der Waals surface area contributed by atoms with Crippen LogP contribution in [-0.4, -0.2) is 29.9 Å². The molecule has 132 heavy (non-hydrogen) atoms. The molecule has 0 saturated heterocycles. The highest BCUT2D eigenvalue weighted by Gasteiger charge is 2.26. The van der Waals surface area contributed by atoms with E-state index in [1.165, 1.54) is 16.3 Å². The molecule has 0 radical (unpaired) electrons. The first-order chi connectivity index (χ1) is 65.4. The van der Waals surface area contributed by atoms with Crippen molar-refractivity contribution in [3.63, 3.8) is 0 Å². The summed E-state index contributed by atoms with van der Waals surface area (Å²) in [7, 11) is 0. The summed E-state index contributed by atoms with van der Waals surface area (Å²) < 4.78 is 13.2. The molecule has 25 rings (SSSR count). The second-order valence-electron chi connectivity index (χ2n) is 33.4. The first-order valence-electron chi connectivity index (χ1n) is 44.6. The van der Waals surface area contributed by atoms with Crippen molar-refractivity contribution in [1.29, 1.82) is 0 Å². The number of hydrogen-bond donors (Lipinski definition) is 0. The summed E-state index contributed by atoms with van der Waals surface area (Å²) in [5, 5.41) is 11.1. The summed E-state index contributed by atoms with van der Waals surface area (Å²) in [4.78, 5) is 31.4. The number of para-hydroxylation sites is 4. The van der Waals surface area contributed by atoms with Gasteiger partial charge in [0.15, 0.2) is 11.6 Å². The zero-order valence-electron chi connectivity index (χ0n) is 71.5. The summed E-state index contributed by atoms with van der Waals surface area (Å²) in [6.45, 7) is 0. The number of pyridine rings is 2. The Labute approximate surface area is 762 Å². The van der Waals surface area contributed by atoms with E-state index in [0.717, 1.165) is 227 Å². The molecule has 6 aromatic heterocycles. The van der Waals surface area contributed by atoms with Crippen molar-refractivity contribution in [2.75, 3.05) is 0 Å². The topological polar surface area (TPSA) is 104 Å². The molecule has 25 aromatic rings. The van der Waals surface area contributed by atoms with E-state index in [2.05, 4.69) is 425 Å². The van der Waals surface area contributed by atoms with Crippen LogP contribution in [0.25, 0.3) is 255 Å². The SMILES string of the molecule is c1ccc(-c2cccc(-c3cc(-c4cccc(-c5ccccc5)c4)nc(-c4ccc(-c5ccc(-c6nc7ccccc7c7c(-c8ccccc8)c8c(cc67)oc6ccccc68)cc5)cc4)n3)c2)cc1.c1ccc(-c2cccc(-c3cc(-c4ccccc4)nc(-c4ccc(-c5ccc(-c6nc7ccccc7c7c(-c8ccccc8)c8c(cc67)oc6ccccc68)cc5)cc4)n3)c2)cc1. The number of rotatable bonds is 15. The van der Waals surface area contributed by atoms with Gasteiger partial charge in [0.25, 0.3) is 0 Å². The summed E-state index contributed by atoms with van der Waals surface area (Å²) in [5.41, 5.74) is 34.7. The maximum absolute atomic E-state index is 6.61. The minimum absolute atomic E-state index is 0.669. The molecule has 0 aliphatic carbocycles. The summed E-state index contributed by atoms with van der Waals surface area (Å²) in [6.07, 6.45) is 0. The normalized spacial score (nSPS) is 11.5. The van der Waals surface area contributed by atoms with Gasteiger partial charge in [-0.1, -0.05) is 406 Å². The van der Waals surface area contributed by atoms with E-state index < -0.39 is 0 Å². The lowest BCUT2D eigenvalue weighted by Gasteiger charge is -2.16. The fourth-order valence-corrected chi connectivity index (χ4v) is 18.9. The van der Waals surface area contributed by atoms with Crippen LogP contribution in [-0.2, 0) is 0 Å². The van der Waals surface area contributed by atoms with Crippen LogP contribution in [0.15, 0.2) is 482 Å². The zero-order valence-corrected chi connectivity index (χ0v) is 71.5. The van der Waals surface area contributed by atoms with Crippen molar-refractivity contribution < 1.29 is 8.83 Å². The Balaban J connectivity index is 0.000000146. The zero-order chi connectivity index (χ0) is 87.4. The minimum Gasteiger partial charge on any atom is -0.456 e. The Morgan fingerprint density at radius 1 is 0.136 bits per heavy atom.